The number of benzene rings is 2. The van der Waals surface area contributed by atoms with E-state index in [4.69, 9.17) is 14.2 Å². The van der Waals surface area contributed by atoms with Gasteiger partial charge >= 0.3 is 0 Å². The molecule has 4 aliphatic rings. The Labute approximate surface area is 295 Å². The van der Waals surface area contributed by atoms with Crippen molar-refractivity contribution in [1.82, 2.24) is 20.2 Å². The Morgan fingerprint density at radius 1 is 0.940 bits per heavy atom. The SMILES string of the molecule is O=C1CCC(Nc2ccc(OC3CCN(C4CCC(COc5cc(F)c6c(=O)[nH]c(CSC7CCOCC7)nc6c5)CC4)CC3)cc2)C(=O)N1. The van der Waals surface area contributed by atoms with Gasteiger partial charge in [0.1, 0.15) is 40.7 Å². The van der Waals surface area contributed by atoms with Crippen molar-refractivity contribution in [3.8, 4) is 11.5 Å². The Bertz CT molecular complexity index is 1700. The molecule has 50 heavy (non-hydrogen) atoms. The average molecular weight is 708 g/mol. The molecule has 4 heterocycles. The number of rotatable bonds is 11. The lowest BCUT2D eigenvalue weighted by Gasteiger charge is -2.40. The van der Waals surface area contributed by atoms with Crippen molar-refractivity contribution in [3.63, 3.8) is 0 Å². The van der Waals surface area contributed by atoms with Crippen molar-refractivity contribution in [2.24, 2.45) is 5.92 Å². The molecule has 1 aromatic heterocycles. The number of thioether (sulfide) groups is 1. The lowest BCUT2D eigenvalue weighted by Crippen LogP contribution is -2.47. The third-order valence-electron chi connectivity index (χ3n) is 10.4. The molecule has 7 rings (SSSR count). The van der Waals surface area contributed by atoms with Crippen LogP contribution in [0.15, 0.2) is 41.2 Å². The molecule has 0 radical (unpaired) electrons. The molecular formula is C37H46FN5O6S. The highest BCUT2D eigenvalue weighted by molar-refractivity contribution is 7.99. The first-order valence-corrected chi connectivity index (χ1v) is 19.1. The summed E-state index contributed by atoms with van der Waals surface area (Å²) >= 11 is 1.75. The van der Waals surface area contributed by atoms with Crippen LogP contribution in [0.2, 0.25) is 0 Å². The van der Waals surface area contributed by atoms with Crippen molar-refractivity contribution in [3.05, 3.63) is 58.4 Å². The van der Waals surface area contributed by atoms with Crippen LogP contribution in [0.25, 0.3) is 10.9 Å². The number of hydrogen-bond donors (Lipinski definition) is 3. The quantitative estimate of drug-likeness (QED) is 0.229. The second kappa shape index (κ2) is 16.1. The highest BCUT2D eigenvalue weighted by atomic mass is 32.2. The fraction of sp³-hybridized carbons (Fsp3) is 0.568. The summed E-state index contributed by atoms with van der Waals surface area (Å²) in [7, 11) is 0. The molecule has 4 fully saturated rings. The molecule has 1 unspecified atom stereocenters. The fourth-order valence-electron chi connectivity index (χ4n) is 7.54. The van der Waals surface area contributed by atoms with Crippen LogP contribution in [-0.4, -0.2) is 83.0 Å². The summed E-state index contributed by atoms with van der Waals surface area (Å²) < 4.78 is 32.8. The number of piperidine rings is 2. The number of likely N-dealkylation sites (tertiary alicyclic amines) is 1. The molecule has 0 spiro atoms. The number of fused-ring (bicyclic) bond motifs is 1. The number of anilines is 1. The number of nitrogens with one attached hydrogen (secondary N) is 3. The minimum atomic E-state index is -0.607. The Balaban J connectivity index is 0.835. The number of ether oxygens (including phenoxy) is 3. The highest BCUT2D eigenvalue weighted by Gasteiger charge is 2.30. The lowest BCUT2D eigenvalue weighted by molar-refractivity contribution is -0.133. The molecule has 1 aliphatic carbocycles. The van der Waals surface area contributed by atoms with Gasteiger partial charge in [0, 0.05) is 61.8 Å². The summed E-state index contributed by atoms with van der Waals surface area (Å²) in [6.45, 7) is 4.05. The van der Waals surface area contributed by atoms with Gasteiger partial charge in [0.2, 0.25) is 11.8 Å². The first-order chi connectivity index (χ1) is 24.4. The van der Waals surface area contributed by atoms with Crippen LogP contribution in [0, 0.1) is 11.7 Å². The van der Waals surface area contributed by atoms with E-state index >= 15 is 4.39 Å². The second-order valence-electron chi connectivity index (χ2n) is 13.9. The molecule has 0 bridgehead atoms. The van der Waals surface area contributed by atoms with E-state index in [-0.39, 0.29) is 23.3 Å². The summed E-state index contributed by atoms with van der Waals surface area (Å²) in [6, 6.07) is 10.8. The van der Waals surface area contributed by atoms with Crippen LogP contribution in [-0.2, 0) is 20.1 Å². The smallest absolute Gasteiger partial charge is 0.261 e. The van der Waals surface area contributed by atoms with E-state index in [2.05, 4.69) is 25.5 Å². The van der Waals surface area contributed by atoms with Gasteiger partial charge < -0.3 is 29.4 Å². The van der Waals surface area contributed by atoms with E-state index in [1.807, 2.05) is 24.3 Å². The maximum Gasteiger partial charge on any atom is 0.261 e. The molecule has 268 valence electrons. The van der Waals surface area contributed by atoms with Crippen LogP contribution < -0.4 is 25.7 Å². The van der Waals surface area contributed by atoms with E-state index in [0.717, 1.165) is 89.1 Å². The van der Waals surface area contributed by atoms with Crippen LogP contribution in [0.3, 0.4) is 0 Å². The number of aromatic amines is 1. The number of halogens is 1. The third-order valence-corrected chi connectivity index (χ3v) is 11.8. The molecule has 2 aromatic carbocycles. The zero-order valence-corrected chi connectivity index (χ0v) is 29.1. The third kappa shape index (κ3) is 8.78. The summed E-state index contributed by atoms with van der Waals surface area (Å²) in [5, 5.41) is 6.03. The largest absolute Gasteiger partial charge is 0.493 e. The summed E-state index contributed by atoms with van der Waals surface area (Å²) in [5.41, 5.74) is 0.706. The molecule has 1 saturated carbocycles. The van der Waals surface area contributed by atoms with Crippen molar-refractivity contribution in [2.45, 2.75) is 93.4 Å². The first kappa shape index (κ1) is 34.8. The standard InChI is InChI=1S/C37H46FN5O6S/c38-30-19-28(20-32-35(30)37(46)41-33(40-32)22-50-29-13-17-47-18-14-29)48-21-23-1-5-25(6-2-23)43-15-11-27(12-16-43)49-26-7-3-24(4-8-26)39-31-9-10-34(44)42-36(31)45/h3-4,7-8,19-20,23,25,27,29,31,39H,1-2,5-6,9-18,21-22H2,(H,40,41,46)(H,42,44,45). The van der Waals surface area contributed by atoms with E-state index in [9.17, 15) is 14.4 Å². The number of carbonyl (C=O) groups excluding carboxylic acids is 2. The van der Waals surface area contributed by atoms with Crippen LogP contribution in [0.1, 0.15) is 70.0 Å². The first-order valence-electron chi connectivity index (χ1n) is 18.0. The molecule has 2 amide bonds. The number of aromatic nitrogens is 2. The molecular weight excluding hydrogens is 662 g/mol. The van der Waals surface area contributed by atoms with Gasteiger partial charge in [0.25, 0.3) is 5.56 Å². The Hall–Kier alpha value is -3.68. The van der Waals surface area contributed by atoms with Crippen molar-refractivity contribution in [1.29, 1.82) is 0 Å². The van der Waals surface area contributed by atoms with Gasteiger partial charge in [0.15, 0.2) is 0 Å². The zero-order chi connectivity index (χ0) is 34.5. The Morgan fingerprint density at radius 2 is 1.70 bits per heavy atom. The molecule has 3 aliphatic heterocycles. The van der Waals surface area contributed by atoms with Crippen LogP contribution in [0.4, 0.5) is 10.1 Å². The molecule has 3 saturated heterocycles. The molecule has 11 nitrogen and oxygen atoms in total. The maximum atomic E-state index is 15.0. The van der Waals surface area contributed by atoms with Crippen LogP contribution in [0.5, 0.6) is 11.5 Å². The Morgan fingerprint density at radius 3 is 2.44 bits per heavy atom. The summed E-state index contributed by atoms with van der Waals surface area (Å²) in [4.78, 5) is 46.1. The predicted octanol–water partition coefficient (Wildman–Crippen LogP) is 5.17. The number of H-pyrrole nitrogens is 1. The van der Waals surface area contributed by atoms with Crippen molar-refractivity contribution < 1.29 is 28.2 Å². The molecule has 3 N–H and O–H groups in total. The number of imide groups is 1. The van der Waals surface area contributed by atoms with Crippen molar-refractivity contribution in [2.75, 3.05) is 38.2 Å². The summed E-state index contributed by atoms with van der Waals surface area (Å²) in [6.07, 6.45) is 9.24. The van der Waals surface area contributed by atoms with E-state index < -0.39 is 17.4 Å². The second-order valence-corrected chi connectivity index (χ2v) is 15.2. The maximum absolute atomic E-state index is 15.0. The highest BCUT2D eigenvalue weighted by Crippen LogP contribution is 2.32. The number of hydrogen-bond acceptors (Lipinski definition) is 10. The zero-order valence-electron chi connectivity index (χ0n) is 28.3. The van der Waals surface area contributed by atoms with E-state index in [1.54, 1.807) is 17.8 Å². The molecule has 13 heteroatoms. The van der Waals surface area contributed by atoms with Gasteiger partial charge in [-0.3, -0.25) is 19.7 Å². The fourth-order valence-corrected chi connectivity index (χ4v) is 8.60. The average Bonchev–Trinajstić information content (AvgIpc) is 3.12. The van der Waals surface area contributed by atoms with Gasteiger partial charge in [-0.05, 0) is 88.0 Å². The van der Waals surface area contributed by atoms with Gasteiger partial charge in [-0.25, -0.2) is 9.37 Å². The van der Waals surface area contributed by atoms with Crippen LogP contribution >= 0.6 is 11.8 Å². The van der Waals surface area contributed by atoms with Gasteiger partial charge in [0.05, 0.1) is 17.9 Å². The summed E-state index contributed by atoms with van der Waals surface area (Å²) in [5.74, 6) is 1.65. The number of nitrogens with zero attached hydrogens (tertiary/aromatic N) is 2. The topological polar surface area (TPSA) is 135 Å². The van der Waals surface area contributed by atoms with Gasteiger partial charge in [-0.1, -0.05) is 0 Å². The van der Waals surface area contributed by atoms with E-state index in [1.165, 1.54) is 6.07 Å². The van der Waals surface area contributed by atoms with E-state index in [0.29, 0.717) is 59.5 Å². The normalized spacial score (nSPS) is 24.2. The number of amides is 2. The van der Waals surface area contributed by atoms with Gasteiger partial charge in [-0.15, -0.1) is 0 Å². The Kier molecular flexibility index (Phi) is 11.2. The monoisotopic (exact) mass is 707 g/mol. The minimum absolute atomic E-state index is 0.0240. The minimum Gasteiger partial charge on any atom is -0.493 e. The lowest BCUT2D eigenvalue weighted by atomic mass is 9.85. The van der Waals surface area contributed by atoms with Crippen molar-refractivity contribution >= 4 is 40.2 Å². The van der Waals surface area contributed by atoms with Gasteiger partial charge in [-0.2, -0.15) is 11.8 Å². The predicted molar refractivity (Wildman–Crippen MR) is 190 cm³/mol. The number of carbonyl (C=O) groups is 2. The molecule has 1 atom stereocenters. The molecule has 3 aromatic rings.